The van der Waals surface area contributed by atoms with Gasteiger partial charge in [0.1, 0.15) is 0 Å². The minimum Gasteiger partial charge on any atom is -0.451 e. The zero-order valence-corrected chi connectivity index (χ0v) is 10.1. The number of nitrogens with zero attached hydrogens (tertiary/aromatic N) is 1. The highest BCUT2D eigenvalue weighted by Crippen LogP contribution is 2.32. The van der Waals surface area contributed by atoms with E-state index in [4.69, 9.17) is 16.0 Å². The van der Waals surface area contributed by atoms with E-state index in [1.165, 1.54) is 11.3 Å². The molecule has 0 aliphatic carbocycles. The monoisotopic (exact) mass is 263 g/mol. The van der Waals surface area contributed by atoms with Gasteiger partial charge in [-0.3, -0.25) is 4.79 Å². The quantitative estimate of drug-likeness (QED) is 0.656. The molecule has 1 aromatic carbocycles. The Hall–Kier alpha value is -1.65. The molecule has 3 aromatic rings. The summed E-state index contributed by atoms with van der Waals surface area (Å²) in [7, 11) is 0. The smallest absolute Gasteiger partial charge is 0.185 e. The number of fused-ring (bicyclic) bond motifs is 1. The summed E-state index contributed by atoms with van der Waals surface area (Å²) < 4.78 is 6.32. The first-order chi connectivity index (χ1) is 8.26. The molecule has 2 aromatic heterocycles. The molecule has 0 N–H and O–H groups in total. The molecule has 3 nitrogen and oxygen atoms in total. The fourth-order valence-electron chi connectivity index (χ4n) is 1.53. The van der Waals surface area contributed by atoms with Crippen molar-refractivity contribution in [3.63, 3.8) is 0 Å². The zero-order valence-electron chi connectivity index (χ0n) is 8.51. The van der Waals surface area contributed by atoms with E-state index in [-0.39, 0.29) is 0 Å². The molecule has 84 valence electrons. The van der Waals surface area contributed by atoms with Crippen LogP contribution in [0.15, 0.2) is 34.7 Å². The third kappa shape index (κ3) is 1.85. The first-order valence-corrected chi connectivity index (χ1v) is 6.07. The van der Waals surface area contributed by atoms with Gasteiger partial charge in [0.25, 0.3) is 0 Å². The van der Waals surface area contributed by atoms with Crippen LogP contribution in [-0.2, 0) is 0 Å². The summed E-state index contributed by atoms with van der Waals surface area (Å²) in [5, 5.41) is 1.43. The van der Waals surface area contributed by atoms with Crippen molar-refractivity contribution in [1.29, 1.82) is 0 Å². The summed E-state index contributed by atoms with van der Waals surface area (Å²) in [5.41, 5.74) is 0.874. The summed E-state index contributed by atoms with van der Waals surface area (Å²) in [6.45, 7) is 0. The molecule has 17 heavy (non-hydrogen) atoms. The number of benzene rings is 1. The molecular formula is C12H6ClNO2S. The van der Waals surface area contributed by atoms with E-state index in [1.54, 1.807) is 18.2 Å². The molecule has 5 heteroatoms. The van der Waals surface area contributed by atoms with E-state index in [2.05, 4.69) is 4.98 Å². The number of hydrogen-bond acceptors (Lipinski definition) is 4. The van der Waals surface area contributed by atoms with Gasteiger partial charge in [-0.2, -0.15) is 0 Å². The van der Waals surface area contributed by atoms with Gasteiger partial charge in [-0.15, -0.1) is 11.3 Å². The largest absolute Gasteiger partial charge is 0.451 e. The van der Waals surface area contributed by atoms with Crippen LogP contribution in [0.3, 0.4) is 0 Å². The summed E-state index contributed by atoms with van der Waals surface area (Å²) in [4.78, 5) is 15.0. The highest BCUT2D eigenvalue weighted by atomic mass is 35.5. The van der Waals surface area contributed by atoms with E-state index in [9.17, 15) is 4.79 Å². The second-order valence-electron chi connectivity index (χ2n) is 3.45. The van der Waals surface area contributed by atoms with Crippen molar-refractivity contribution < 1.29 is 9.21 Å². The third-order valence-electron chi connectivity index (χ3n) is 2.30. The number of rotatable bonds is 2. The second-order valence-corrected chi connectivity index (χ2v) is 4.92. The number of carbonyl (C=O) groups excluding carboxylic acids is 1. The number of carbonyl (C=O) groups is 1. The predicted octanol–water partition coefficient (Wildman–Crippen LogP) is 4.02. The van der Waals surface area contributed by atoms with Gasteiger partial charge in [-0.25, -0.2) is 4.98 Å². The third-order valence-corrected chi connectivity index (χ3v) is 3.57. The van der Waals surface area contributed by atoms with Crippen molar-refractivity contribution in [2.24, 2.45) is 0 Å². The Labute approximate surface area is 106 Å². The molecule has 0 radical (unpaired) electrons. The average molecular weight is 264 g/mol. The van der Waals surface area contributed by atoms with E-state index in [0.717, 1.165) is 15.2 Å². The lowest BCUT2D eigenvalue weighted by Crippen LogP contribution is -1.71. The van der Waals surface area contributed by atoms with Crippen LogP contribution in [0.2, 0.25) is 5.02 Å². The Bertz CT molecular complexity index is 701. The molecule has 3 rings (SSSR count). The van der Waals surface area contributed by atoms with Crippen LogP contribution in [0.4, 0.5) is 0 Å². The highest BCUT2D eigenvalue weighted by molar-refractivity contribution is 7.21. The van der Waals surface area contributed by atoms with E-state index in [0.29, 0.717) is 22.8 Å². The van der Waals surface area contributed by atoms with Crippen molar-refractivity contribution in [2.45, 2.75) is 0 Å². The van der Waals surface area contributed by atoms with Crippen molar-refractivity contribution in [1.82, 2.24) is 4.98 Å². The first-order valence-electron chi connectivity index (χ1n) is 4.88. The van der Waals surface area contributed by atoms with Crippen LogP contribution in [-0.4, -0.2) is 11.3 Å². The normalized spacial score (nSPS) is 10.9. The minimum atomic E-state index is 0.303. The number of aldehydes is 1. The SMILES string of the molecule is O=Cc1ccc(-c2nc3ccc(Cl)cc3s2)o1. The first kappa shape index (κ1) is 10.5. The highest BCUT2D eigenvalue weighted by Gasteiger charge is 2.10. The molecule has 0 aliphatic rings. The Morgan fingerprint density at radius 1 is 1.29 bits per heavy atom. The molecule has 0 saturated carbocycles. The lowest BCUT2D eigenvalue weighted by atomic mass is 10.3. The molecule has 0 bridgehead atoms. The molecule has 0 spiro atoms. The fourth-order valence-corrected chi connectivity index (χ4v) is 2.74. The Morgan fingerprint density at radius 3 is 2.94 bits per heavy atom. The van der Waals surface area contributed by atoms with Gasteiger partial charge < -0.3 is 4.42 Å². The Morgan fingerprint density at radius 2 is 2.18 bits per heavy atom. The lowest BCUT2D eigenvalue weighted by molar-refractivity contribution is 0.110. The lowest BCUT2D eigenvalue weighted by Gasteiger charge is -1.86. The van der Waals surface area contributed by atoms with Crippen molar-refractivity contribution >= 4 is 39.4 Å². The van der Waals surface area contributed by atoms with Gasteiger partial charge in [0.15, 0.2) is 22.8 Å². The number of hydrogen-bond donors (Lipinski definition) is 0. The van der Waals surface area contributed by atoms with E-state index >= 15 is 0 Å². The molecule has 0 fully saturated rings. The number of aromatic nitrogens is 1. The topological polar surface area (TPSA) is 43.1 Å². The van der Waals surface area contributed by atoms with Gasteiger partial charge in [0.2, 0.25) is 0 Å². The van der Waals surface area contributed by atoms with Crippen LogP contribution in [0, 0.1) is 0 Å². The number of thiazole rings is 1. The van der Waals surface area contributed by atoms with Gasteiger partial charge in [-0.1, -0.05) is 11.6 Å². The molecule has 0 unspecified atom stereocenters. The molecule has 0 aliphatic heterocycles. The standard InChI is InChI=1S/C12H6ClNO2S/c13-7-1-3-9-11(5-7)17-12(14-9)10-4-2-8(6-15)16-10/h1-6H. The van der Waals surface area contributed by atoms with Crippen LogP contribution >= 0.6 is 22.9 Å². The van der Waals surface area contributed by atoms with Gasteiger partial charge in [0.05, 0.1) is 10.2 Å². The number of furan rings is 1. The van der Waals surface area contributed by atoms with E-state index in [1.807, 2.05) is 12.1 Å². The maximum Gasteiger partial charge on any atom is 0.185 e. The fraction of sp³-hybridized carbons (Fsp3) is 0. The Balaban J connectivity index is 2.14. The zero-order chi connectivity index (χ0) is 11.8. The van der Waals surface area contributed by atoms with Crippen LogP contribution in [0.5, 0.6) is 0 Å². The maximum absolute atomic E-state index is 10.5. The second kappa shape index (κ2) is 3.98. The molecule has 2 heterocycles. The molecule has 0 atom stereocenters. The Kier molecular flexibility index (Phi) is 2.46. The van der Waals surface area contributed by atoms with Crippen molar-refractivity contribution in [3.8, 4) is 10.8 Å². The van der Waals surface area contributed by atoms with Crippen LogP contribution in [0.1, 0.15) is 10.6 Å². The van der Waals surface area contributed by atoms with Crippen LogP contribution < -0.4 is 0 Å². The van der Waals surface area contributed by atoms with E-state index < -0.39 is 0 Å². The summed E-state index contributed by atoms with van der Waals surface area (Å²) in [5.74, 6) is 0.904. The van der Waals surface area contributed by atoms with Gasteiger partial charge >= 0.3 is 0 Å². The van der Waals surface area contributed by atoms with Crippen molar-refractivity contribution in [2.75, 3.05) is 0 Å². The summed E-state index contributed by atoms with van der Waals surface area (Å²) >= 11 is 7.39. The maximum atomic E-state index is 10.5. The van der Waals surface area contributed by atoms with Crippen LogP contribution in [0.25, 0.3) is 21.0 Å². The predicted molar refractivity (Wildman–Crippen MR) is 67.7 cm³/mol. The minimum absolute atomic E-state index is 0.303. The summed E-state index contributed by atoms with van der Waals surface area (Å²) in [6.07, 6.45) is 0.674. The average Bonchev–Trinajstić information content (AvgIpc) is 2.93. The van der Waals surface area contributed by atoms with Crippen molar-refractivity contribution in [3.05, 3.63) is 41.1 Å². The van der Waals surface area contributed by atoms with Gasteiger partial charge in [-0.05, 0) is 30.3 Å². The van der Waals surface area contributed by atoms with Gasteiger partial charge in [0, 0.05) is 5.02 Å². The molecular weight excluding hydrogens is 258 g/mol. The number of halogens is 1. The summed E-state index contributed by atoms with van der Waals surface area (Å²) in [6, 6.07) is 8.89. The molecule has 0 saturated heterocycles. The molecule has 0 amide bonds.